The Morgan fingerprint density at radius 2 is 2.07 bits per heavy atom. The number of ether oxygens (including phenoxy) is 2. The minimum atomic E-state index is -0.833. The summed E-state index contributed by atoms with van der Waals surface area (Å²) in [6, 6.07) is 0. The van der Waals surface area contributed by atoms with E-state index >= 15 is 0 Å². The van der Waals surface area contributed by atoms with E-state index in [0.29, 0.717) is 12.3 Å². The fourth-order valence-electron chi connectivity index (χ4n) is 0.604. The number of carbonyl (C=O) groups excluding carboxylic acids is 2. The van der Waals surface area contributed by atoms with Crippen molar-refractivity contribution in [2.75, 3.05) is 12.3 Å². The average Bonchev–Trinajstić information content (AvgIpc) is 2.14. The first kappa shape index (κ1) is 13.2. The molecular weight excluding hydrogens is 206 g/mol. The molecule has 6 heteroatoms. The Labute approximate surface area is 87.3 Å². The van der Waals surface area contributed by atoms with Crippen LogP contribution in [0.5, 0.6) is 0 Å². The summed E-state index contributed by atoms with van der Waals surface area (Å²) in [6.07, 6.45) is -0.571. The third-order valence-electron chi connectivity index (χ3n) is 1.19. The van der Waals surface area contributed by atoms with E-state index < -0.39 is 17.6 Å². The maximum absolute atomic E-state index is 11.0. The fourth-order valence-corrected chi connectivity index (χ4v) is 1.09. The molecule has 0 rings (SSSR count). The highest BCUT2D eigenvalue weighted by molar-refractivity contribution is 8.13. The van der Waals surface area contributed by atoms with Crippen LogP contribution in [-0.2, 0) is 14.3 Å². The van der Waals surface area contributed by atoms with Crippen LogP contribution in [0.2, 0.25) is 0 Å². The second-order valence-electron chi connectivity index (χ2n) is 2.42. The van der Waals surface area contributed by atoms with Crippen LogP contribution in [0, 0.1) is 0 Å². The molecular formula is C8H15NO4S. The minimum Gasteiger partial charge on any atom is -0.425 e. The Morgan fingerprint density at radius 3 is 2.57 bits per heavy atom. The van der Waals surface area contributed by atoms with Gasteiger partial charge in [0.25, 0.3) is 0 Å². The van der Waals surface area contributed by atoms with Crippen molar-refractivity contribution in [3.8, 4) is 0 Å². The van der Waals surface area contributed by atoms with E-state index in [9.17, 15) is 9.59 Å². The first-order chi connectivity index (χ1) is 6.60. The summed E-state index contributed by atoms with van der Waals surface area (Å²) < 4.78 is 9.47. The summed E-state index contributed by atoms with van der Waals surface area (Å²) in [5.41, 5.74) is 5.20. The van der Waals surface area contributed by atoms with Gasteiger partial charge in [0.1, 0.15) is 0 Å². The van der Waals surface area contributed by atoms with Crippen LogP contribution in [0.3, 0.4) is 0 Å². The summed E-state index contributed by atoms with van der Waals surface area (Å²) >= 11 is 0.962. The van der Waals surface area contributed by atoms with Crippen LogP contribution < -0.4 is 5.73 Å². The molecule has 1 unspecified atom stereocenters. The van der Waals surface area contributed by atoms with E-state index in [4.69, 9.17) is 15.2 Å². The number of nitrogens with two attached hydrogens (primary N) is 1. The Balaban J connectivity index is 3.65. The molecule has 14 heavy (non-hydrogen) atoms. The van der Waals surface area contributed by atoms with E-state index in [2.05, 4.69) is 0 Å². The number of carbonyl (C=O) groups is 2. The minimum absolute atomic E-state index is 0.262. The topological polar surface area (TPSA) is 78.6 Å². The summed E-state index contributed by atoms with van der Waals surface area (Å²) in [7, 11) is 0. The molecule has 5 nitrogen and oxygen atoms in total. The van der Waals surface area contributed by atoms with Crippen molar-refractivity contribution < 1.29 is 19.1 Å². The zero-order chi connectivity index (χ0) is 11.0. The van der Waals surface area contributed by atoms with Crippen molar-refractivity contribution in [3.05, 3.63) is 0 Å². The van der Waals surface area contributed by atoms with Gasteiger partial charge in [0.2, 0.25) is 6.29 Å². The lowest BCUT2D eigenvalue weighted by atomic mass is 10.5. The predicted molar refractivity (Wildman–Crippen MR) is 53.8 cm³/mol. The SMILES string of the molecule is CCC(=O)OC(C)OC(=O)SCCN. The summed E-state index contributed by atoms with van der Waals surface area (Å²) in [6.45, 7) is 3.57. The molecule has 0 bridgehead atoms. The Kier molecular flexibility index (Phi) is 7.23. The number of rotatable bonds is 5. The normalized spacial score (nSPS) is 11.9. The highest BCUT2D eigenvalue weighted by Crippen LogP contribution is 2.07. The lowest BCUT2D eigenvalue weighted by Crippen LogP contribution is -2.19. The second-order valence-corrected chi connectivity index (χ2v) is 3.45. The zero-order valence-electron chi connectivity index (χ0n) is 8.32. The molecule has 0 radical (unpaired) electrons. The molecule has 0 aliphatic rings. The van der Waals surface area contributed by atoms with Crippen LogP contribution in [0.25, 0.3) is 0 Å². The maximum atomic E-state index is 11.0. The van der Waals surface area contributed by atoms with Gasteiger partial charge in [-0.1, -0.05) is 6.92 Å². The van der Waals surface area contributed by atoms with Gasteiger partial charge < -0.3 is 15.2 Å². The van der Waals surface area contributed by atoms with Crippen LogP contribution >= 0.6 is 11.8 Å². The monoisotopic (exact) mass is 221 g/mol. The first-order valence-electron chi connectivity index (χ1n) is 4.33. The van der Waals surface area contributed by atoms with Gasteiger partial charge in [0, 0.05) is 25.6 Å². The molecule has 1 atom stereocenters. The molecule has 0 aromatic heterocycles. The molecule has 0 fully saturated rings. The quantitative estimate of drug-likeness (QED) is 0.553. The molecule has 0 aliphatic heterocycles. The maximum Gasteiger partial charge on any atom is 0.370 e. The van der Waals surface area contributed by atoms with Crippen molar-refractivity contribution in [2.45, 2.75) is 26.6 Å². The van der Waals surface area contributed by atoms with Crippen molar-refractivity contribution in [1.29, 1.82) is 0 Å². The van der Waals surface area contributed by atoms with Gasteiger partial charge in [-0.15, -0.1) is 0 Å². The van der Waals surface area contributed by atoms with E-state index in [1.807, 2.05) is 0 Å². The Bertz CT molecular complexity index is 198. The average molecular weight is 221 g/mol. The van der Waals surface area contributed by atoms with Crippen molar-refractivity contribution in [3.63, 3.8) is 0 Å². The van der Waals surface area contributed by atoms with Gasteiger partial charge in [-0.25, -0.2) is 4.79 Å². The van der Waals surface area contributed by atoms with E-state index in [1.165, 1.54) is 6.92 Å². The first-order valence-corrected chi connectivity index (χ1v) is 5.31. The molecule has 0 aromatic rings. The van der Waals surface area contributed by atoms with E-state index in [-0.39, 0.29) is 6.42 Å². The van der Waals surface area contributed by atoms with Gasteiger partial charge in [-0.3, -0.25) is 4.79 Å². The smallest absolute Gasteiger partial charge is 0.370 e. The number of thioether (sulfide) groups is 1. The largest absolute Gasteiger partial charge is 0.425 e. The molecule has 82 valence electrons. The molecule has 0 heterocycles. The molecule has 0 saturated carbocycles. The molecule has 0 aliphatic carbocycles. The lowest BCUT2D eigenvalue weighted by molar-refractivity contribution is -0.163. The predicted octanol–water partition coefficient (Wildman–Crippen LogP) is 1.11. The molecule has 0 aromatic carbocycles. The van der Waals surface area contributed by atoms with E-state index in [0.717, 1.165) is 11.8 Å². The van der Waals surface area contributed by atoms with E-state index in [1.54, 1.807) is 6.92 Å². The third-order valence-corrected chi connectivity index (χ3v) is 1.96. The van der Waals surface area contributed by atoms with Crippen LogP contribution in [0.4, 0.5) is 4.79 Å². The number of hydrogen-bond donors (Lipinski definition) is 1. The van der Waals surface area contributed by atoms with Crippen molar-refractivity contribution in [2.24, 2.45) is 5.73 Å². The lowest BCUT2D eigenvalue weighted by Gasteiger charge is -2.12. The van der Waals surface area contributed by atoms with Crippen LogP contribution in [0.15, 0.2) is 0 Å². The van der Waals surface area contributed by atoms with Gasteiger partial charge in [0.15, 0.2) is 0 Å². The van der Waals surface area contributed by atoms with Gasteiger partial charge >= 0.3 is 11.3 Å². The fraction of sp³-hybridized carbons (Fsp3) is 0.750. The highest BCUT2D eigenvalue weighted by Gasteiger charge is 2.12. The van der Waals surface area contributed by atoms with Crippen LogP contribution in [-0.4, -0.2) is 29.9 Å². The zero-order valence-corrected chi connectivity index (χ0v) is 9.13. The standard InChI is InChI=1S/C8H15NO4S/c1-3-7(10)12-6(2)13-8(11)14-5-4-9/h6H,3-5,9H2,1-2H3. The molecule has 0 spiro atoms. The highest BCUT2D eigenvalue weighted by atomic mass is 32.2. The summed E-state index contributed by atoms with van der Waals surface area (Å²) in [5.74, 6) is 0.0990. The Hall–Kier alpha value is -0.750. The van der Waals surface area contributed by atoms with Crippen molar-refractivity contribution in [1.82, 2.24) is 0 Å². The number of hydrogen-bond acceptors (Lipinski definition) is 6. The third kappa shape index (κ3) is 6.73. The molecule has 0 amide bonds. The van der Waals surface area contributed by atoms with Crippen LogP contribution in [0.1, 0.15) is 20.3 Å². The molecule has 0 saturated heterocycles. The van der Waals surface area contributed by atoms with Gasteiger partial charge in [0.05, 0.1) is 0 Å². The van der Waals surface area contributed by atoms with Crippen molar-refractivity contribution >= 4 is 23.0 Å². The van der Waals surface area contributed by atoms with Gasteiger partial charge in [-0.2, -0.15) is 0 Å². The summed E-state index contributed by atoms with van der Waals surface area (Å²) in [5, 5.41) is -0.480. The summed E-state index contributed by atoms with van der Waals surface area (Å²) in [4.78, 5) is 21.8. The number of esters is 1. The Morgan fingerprint density at radius 1 is 1.43 bits per heavy atom. The second kappa shape index (κ2) is 7.64. The molecule has 2 N–H and O–H groups in total. The van der Waals surface area contributed by atoms with Gasteiger partial charge in [-0.05, 0) is 11.8 Å².